The molecule has 0 spiro atoms. The molecule has 0 saturated heterocycles. The number of pyridine rings is 1. The van der Waals surface area contributed by atoms with Gasteiger partial charge in [0, 0.05) is 36.6 Å². The maximum atomic E-state index is 4.63. The van der Waals surface area contributed by atoms with Crippen LogP contribution in [-0.2, 0) is 0 Å². The summed E-state index contributed by atoms with van der Waals surface area (Å²) in [7, 11) is 4.11. The van der Waals surface area contributed by atoms with E-state index in [0.717, 1.165) is 41.3 Å². The Labute approximate surface area is 165 Å². The zero-order valence-electron chi connectivity index (χ0n) is 16.1. The lowest BCUT2D eigenvalue weighted by Gasteiger charge is -2.14. The van der Waals surface area contributed by atoms with E-state index >= 15 is 0 Å². The Kier molecular flexibility index (Phi) is 5.26. The molecule has 0 amide bonds. The van der Waals surface area contributed by atoms with Gasteiger partial charge in [0.05, 0.1) is 0 Å². The second-order valence-electron chi connectivity index (χ2n) is 6.98. The van der Waals surface area contributed by atoms with Gasteiger partial charge in [-0.3, -0.25) is 4.98 Å². The number of hydrogen-bond acceptors (Lipinski definition) is 5. The highest BCUT2D eigenvalue weighted by atomic mass is 15.2. The van der Waals surface area contributed by atoms with Crippen LogP contribution in [0.4, 0.5) is 5.82 Å². The topological polar surface area (TPSA) is 53.9 Å². The molecule has 2 aromatic carbocycles. The van der Waals surface area contributed by atoms with Gasteiger partial charge in [-0.05, 0) is 48.6 Å². The molecular weight excluding hydrogens is 346 g/mol. The molecule has 2 aromatic heterocycles. The lowest BCUT2D eigenvalue weighted by atomic mass is 9.96. The first-order chi connectivity index (χ1) is 13.7. The molecule has 28 heavy (non-hydrogen) atoms. The summed E-state index contributed by atoms with van der Waals surface area (Å²) in [6.45, 7) is 1.74. The van der Waals surface area contributed by atoms with E-state index in [2.05, 4.69) is 88.0 Å². The van der Waals surface area contributed by atoms with Crippen molar-refractivity contribution in [3.8, 4) is 22.4 Å². The largest absolute Gasteiger partial charge is 0.367 e. The van der Waals surface area contributed by atoms with E-state index in [4.69, 9.17) is 0 Å². The molecule has 140 valence electrons. The predicted molar refractivity (Wildman–Crippen MR) is 115 cm³/mol. The number of fused-ring (bicyclic) bond motifs is 1. The van der Waals surface area contributed by atoms with Gasteiger partial charge in [-0.2, -0.15) is 0 Å². The van der Waals surface area contributed by atoms with Crippen LogP contribution in [0.5, 0.6) is 0 Å². The third-order valence-electron chi connectivity index (χ3n) is 4.70. The molecule has 0 radical (unpaired) electrons. The van der Waals surface area contributed by atoms with Crippen molar-refractivity contribution in [1.82, 2.24) is 20.1 Å². The maximum absolute atomic E-state index is 4.63. The van der Waals surface area contributed by atoms with Gasteiger partial charge < -0.3 is 10.2 Å². The Bertz CT molecular complexity index is 1070. The molecule has 0 fully saturated rings. The van der Waals surface area contributed by atoms with Gasteiger partial charge in [-0.1, -0.05) is 42.5 Å². The molecule has 0 atom stereocenters. The highest BCUT2D eigenvalue weighted by molar-refractivity contribution is 5.99. The number of benzene rings is 2. The first-order valence-electron chi connectivity index (χ1n) is 9.37. The Morgan fingerprint density at radius 1 is 0.857 bits per heavy atom. The van der Waals surface area contributed by atoms with E-state index < -0.39 is 0 Å². The van der Waals surface area contributed by atoms with Crippen molar-refractivity contribution in [1.29, 1.82) is 0 Å². The third kappa shape index (κ3) is 3.85. The summed E-state index contributed by atoms with van der Waals surface area (Å²) in [4.78, 5) is 6.29. The second-order valence-corrected chi connectivity index (χ2v) is 6.98. The number of hydrogen-bond donors (Lipinski definition) is 1. The molecule has 4 aromatic rings. The molecule has 1 N–H and O–H groups in total. The molecular formula is C23H23N5. The van der Waals surface area contributed by atoms with Crippen LogP contribution in [0.1, 0.15) is 0 Å². The monoisotopic (exact) mass is 369 g/mol. The van der Waals surface area contributed by atoms with Crippen LogP contribution in [-0.4, -0.2) is 47.3 Å². The minimum atomic E-state index is 0.776. The minimum absolute atomic E-state index is 0.776. The van der Waals surface area contributed by atoms with Crippen molar-refractivity contribution >= 4 is 16.6 Å². The van der Waals surface area contributed by atoms with E-state index in [1.807, 2.05) is 24.5 Å². The summed E-state index contributed by atoms with van der Waals surface area (Å²) in [6.07, 6.45) is 3.61. The summed E-state index contributed by atoms with van der Waals surface area (Å²) >= 11 is 0. The Balaban J connectivity index is 1.82. The Morgan fingerprint density at radius 2 is 1.64 bits per heavy atom. The van der Waals surface area contributed by atoms with Crippen LogP contribution >= 0.6 is 0 Å². The first kappa shape index (κ1) is 18.1. The summed E-state index contributed by atoms with van der Waals surface area (Å²) in [6, 6.07) is 20.8. The van der Waals surface area contributed by atoms with Crippen molar-refractivity contribution in [3.05, 3.63) is 73.1 Å². The summed E-state index contributed by atoms with van der Waals surface area (Å²) < 4.78 is 0. The fourth-order valence-corrected chi connectivity index (χ4v) is 3.27. The SMILES string of the molecule is CN(C)CCNc1cc(-c2ccncc2)c(-c2cccc3ccccc23)nn1. The number of nitrogens with one attached hydrogen (secondary N) is 1. The van der Waals surface area contributed by atoms with Gasteiger partial charge in [-0.15, -0.1) is 10.2 Å². The molecule has 0 saturated carbocycles. The first-order valence-corrected chi connectivity index (χ1v) is 9.37. The second kappa shape index (κ2) is 8.15. The van der Waals surface area contributed by atoms with Crippen LogP contribution in [0, 0.1) is 0 Å². The molecule has 0 aliphatic rings. The van der Waals surface area contributed by atoms with Gasteiger partial charge in [0.1, 0.15) is 11.5 Å². The van der Waals surface area contributed by atoms with Gasteiger partial charge >= 0.3 is 0 Å². The lowest BCUT2D eigenvalue weighted by molar-refractivity contribution is 0.425. The van der Waals surface area contributed by atoms with Gasteiger partial charge in [0.15, 0.2) is 0 Å². The van der Waals surface area contributed by atoms with Crippen molar-refractivity contribution in [2.24, 2.45) is 0 Å². The quantitative estimate of drug-likeness (QED) is 0.548. The van der Waals surface area contributed by atoms with Crippen LogP contribution in [0.15, 0.2) is 73.1 Å². The van der Waals surface area contributed by atoms with Crippen LogP contribution in [0.25, 0.3) is 33.2 Å². The Hall–Kier alpha value is -3.31. The fraction of sp³-hybridized carbons (Fsp3) is 0.174. The fourth-order valence-electron chi connectivity index (χ4n) is 3.27. The van der Waals surface area contributed by atoms with Crippen LogP contribution in [0.2, 0.25) is 0 Å². The van der Waals surface area contributed by atoms with E-state index in [1.54, 1.807) is 0 Å². The highest BCUT2D eigenvalue weighted by Crippen LogP contribution is 2.35. The van der Waals surface area contributed by atoms with Crippen LogP contribution < -0.4 is 5.32 Å². The van der Waals surface area contributed by atoms with E-state index in [0.29, 0.717) is 0 Å². The third-order valence-corrected chi connectivity index (χ3v) is 4.70. The summed E-state index contributed by atoms with van der Waals surface area (Å²) in [5.41, 5.74) is 4.07. The van der Waals surface area contributed by atoms with Gasteiger partial charge in [0.2, 0.25) is 0 Å². The number of rotatable bonds is 6. The summed E-state index contributed by atoms with van der Waals surface area (Å²) in [5, 5.41) is 14.8. The molecule has 2 heterocycles. The summed E-state index contributed by atoms with van der Waals surface area (Å²) in [5.74, 6) is 0.776. The zero-order valence-corrected chi connectivity index (χ0v) is 16.1. The van der Waals surface area contributed by atoms with Crippen molar-refractivity contribution in [2.45, 2.75) is 0 Å². The number of anilines is 1. The van der Waals surface area contributed by atoms with E-state index in [9.17, 15) is 0 Å². The molecule has 4 rings (SSSR count). The molecule has 0 bridgehead atoms. The van der Waals surface area contributed by atoms with Gasteiger partial charge in [-0.25, -0.2) is 0 Å². The smallest absolute Gasteiger partial charge is 0.149 e. The van der Waals surface area contributed by atoms with Crippen molar-refractivity contribution in [3.63, 3.8) is 0 Å². The zero-order chi connectivity index (χ0) is 19.3. The molecule has 0 unspecified atom stereocenters. The average molecular weight is 369 g/mol. The van der Waals surface area contributed by atoms with Crippen molar-refractivity contribution < 1.29 is 0 Å². The van der Waals surface area contributed by atoms with Gasteiger partial charge in [0.25, 0.3) is 0 Å². The molecule has 0 aliphatic heterocycles. The minimum Gasteiger partial charge on any atom is -0.367 e. The number of likely N-dealkylation sites (N-methyl/N-ethyl adjacent to an activating group) is 1. The molecule has 5 nitrogen and oxygen atoms in total. The van der Waals surface area contributed by atoms with E-state index in [-0.39, 0.29) is 0 Å². The maximum Gasteiger partial charge on any atom is 0.149 e. The average Bonchev–Trinajstić information content (AvgIpc) is 2.74. The standard InChI is InChI=1S/C23H23N5/c1-28(2)15-14-25-22-16-21(18-10-12-24-13-11-18)23(27-26-22)20-9-5-7-17-6-3-4-8-19(17)20/h3-13,16H,14-15H2,1-2H3,(H,25,26). The Morgan fingerprint density at radius 3 is 2.46 bits per heavy atom. The number of aromatic nitrogens is 3. The molecule has 0 aliphatic carbocycles. The van der Waals surface area contributed by atoms with Crippen LogP contribution in [0.3, 0.4) is 0 Å². The number of nitrogens with zero attached hydrogens (tertiary/aromatic N) is 4. The predicted octanol–water partition coefficient (Wildman–Crippen LogP) is 4.33. The van der Waals surface area contributed by atoms with E-state index in [1.165, 1.54) is 10.8 Å². The lowest BCUT2D eigenvalue weighted by Crippen LogP contribution is -2.21. The normalized spacial score (nSPS) is 11.1. The highest BCUT2D eigenvalue weighted by Gasteiger charge is 2.14. The van der Waals surface area contributed by atoms with Crippen molar-refractivity contribution in [2.75, 3.05) is 32.5 Å². The molecule has 5 heteroatoms.